The van der Waals surface area contributed by atoms with Crippen molar-refractivity contribution in [2.24, 2.45) is 4.99 Å². The van der Waals surface area contributed by atoms with Gasteiger partial charge in [0.2, 0.25) is 6.08 Å². The van der Waals surface area contributed by atoms with Crippen LogP contribution in [-0.2, 0) is 14.3 Å². The van der Waals surface area contributed by atoms with Gasteiger partial charge in [-0.15, -0.1) is 0 Å². The van der Waals surface area contributed by atoms with E-state index in [1.54, 1.807) is 6.92 Å². The summed E-state index contributed by atoms with van der Waals surface area (Å²) in [5.41, 5.74) is 0. The zero-order valence-electron chi connectivity index (χ0n) is 11.6. The number of nitrogens with zero attached hydrogens (tertiary/aromatic N) is 1. The monoisotopic (exact) mass is 255 g/mol. The van der Waals surface area contributed by atoms with E-state index in [-0.39, 0.29) is 0 Å². The first-order valence-corrected chi connectivity index (χ1v) is 6.99. The quantitative estimate of drug-likeness (QED) is 0.246. The molecule has 0 aromatic rings. The van der Waals surface area contributed by atoms with E-state index in [9.17, 15) is 9.59 Å². The normalized spacial score (nSPS) is 11.7. The minimum absolute atomic E-state index is 0.320. The Morgan fingerprint density at radius 2 is 1.72 bits per heavy atom. The number of ether oxygens (including phenoxy) is 1. The van der Waals surface area contributed by atoms with Crippen LogP contribution in [-0.4, -0.2) is 24.7 Å². The van der Waals surface area contributed by atoms with Crippen molar-refractivity contribution in [1.29, 1.82) is 0 Å². The lowest BCUT2D eigenvalue weighted by atomic mass is 10.1. The maximum atomic E-state index is 11.4. The van der Waals surface area contributed by atoms with Crippen molar-refractivity contribution in [3.05, 3.63) is 0 Å². The fourth-order valence-electron chi connectivity index (χ4n) is 1.83. The van der Waals surface area contributed by atoms with Gasteiger partial charge in [0.25, 0.3) is 0 Å². The molecule has 4 nitrogen and oxygen atoms in total. The molecule has 0 aliphatic rings. The lowest BCUT2D eigenvalue weighted by Crippen LogP contribution is -2.21. The summed E-state index contributed by atoms with van der Waals surface area (Å²) in [4.78, 5) is 25.2. The van der Waals surface area contributed by atoms with Crippen LogP contribution in [0.5, 0.6) is 0 Å². The molecular weight excluding hydrogens is 230 g/mol. The summed E-state index contributed by atoms with van der Waals surface area (Å²) in [7, 11) is 0. The van der Waals surface area contributed by atoms with Gasteiger partial charge in [-0.3, -0.25) is 0 Å². The number of aliphatic imine (C=N–C) groups is 1. The zero-order chi connectivity index (χ0) is 13.6. The molecule has 0 bridgehead atoms. The number of hydrogen-bond donors (Lipinski definition) is 0. The fourth-order valence-corrected chi connectivity index (χ4v) is 1.83. The lowest BCUT2D eigenvalue weighted by Gasteiger charge is -2.09. The standard InChI is InChI=1S/C14H25NO3/c1-3-5-6-7-8-9-10-11-13(15-12-16)14(17)18-4-2/h13H,3-11H2,1-2H3. The van der Waals surface area contributed by atoms with Crippen molar-refractivity contribution >= 4 is 12.0 Å². The molecule has 18 heavy (non-hydrogen) atoms. The SMILES string of the molecule is CCCCCCCCCC(N=C=O)C(=O)OCC. The van der Waals surface area contributed by atoms with E-state index in [0.29, 0.717) is 13.0 Å². The molecule has 0 N–H and O–H groups in total. The van der Waals surface area contributed by atoms with Crippen molar-refractivity contribution in [1.82, 2.24) is 0 Å². The van der Waals surface area contributed by atoms with Crippen LogP contribution in [0.2, 0.25) is 0 Å². The Bertz CT molecular complexity index is 260. The maximum absolute atomic E-state index is 11.4. The van der Waals surface area contributed by atoms with Crippen molar-refractivity contribution in [2.75, 3.05) is 6.61 Å². The number of carbonyl (C=O) groups excluding carboxylic acids is 2. The third-order valence-corrected chi connectivity index (χ3v) is 2.85. The van der Waals surface area contributed by atoms with Crippen LogP contribution in [0.4, 0.5) is 0 Å². The van der Waals surface area contributed by atoms with E-state index in [4.69, 9.17) is 4.74 Å². The first-order chi connectivity index (χ1) is 8.76. The third-order valence-electron chi connectivity index (χ3n) is 2.85. The van der Waals surface area contributed by atoms with Crippen LogP contribution in [0.15, 0.2) is 4.99 Å². The van der Waals surface area contributed by atoms with E-state index in [0.717, 1.165) is 12.8 Å². The van der Waals surface area contributed by atoms with Gasteiger partial charge in [-0.1, -0.05) is 51.9 Å². The largest absolute Gasteiger partial charge is 0.464 e. The minimum atomic E-state index is -0.655. The van der Waals surface area contributed by atoms with Gasteiger partial charge < -0.3 is 4.74 Å². The summed E-state index contributed by atoms with van der Waals surface area (Å²) < 4.78 is 4.86. The van der Waals surface area contributed by atoms with Crippen LogP contribution < -0.4 is 0 Å². The molecule has 0 aliphatic heterocycles. The van der Waals surface area contributed by atoms with E-state index in [1.165, 1.54) is 38.2 Å². The first kappa shape index (κ1) is 16.9. The van der Waals surface area contributed by atoms with Crippen LogP contribution in [0.1, 0.15) is 65.2 Å². The van der Waals surface area contributed by atoms with Gasteiger partial charge in [0.1, 0.15) is 0 Å². The topological polar surface area (TPSA) is 55.7 Å². The highest BCUT2D eigenvalue weighted by atomic mass is 16.5. The Morgan fingerprint density at radius 3 is 2.28 bits per heavy atom. The van der Waals surface area contributed by atoms with Crippen molar-refractivity contribution in [3.8, 4) is 0 Å². The predicted molar refractivity (Wildman–Crippen MR) is 71.2 cm³/mol. The predicted octanol–water partition coefficient (Wildman–Crippen LogP) is 3.39. The fraction of sp³-hybridized carbons (Fsp3) is 0.857. The molecule has 0 rings (SSSR count). The number of rotatable bonds is 11. The molecule has 0 aromatic heterocycles. The van der Waals surface area contributed by atoms with Crippen LogP contribution in [0, 0.1) is 0 Å². The molecule has 0 saturated heterocycles. The second-order valence-corrected chi connectivity index (χ2v) is 4.40. The lowest BCUT2D eigenvalue weighted by molar-refractivity contribution is -0.144. The average molecular weight is 255 g/mol. The highest BCUT2D eigenvalue weighted by molar-refractivity contribution is 5.76. The summed E-state index contributed by atoms with van der Waals surface area (Å²) in [6.45, 7) is 4.26. The van der Waals surface area contributed by atoms with Gasteiger partial charge >= 0.3 is 5.97 Å². The summed E-state index contributed by atoms with van der Waals surface area (Å²) in [5.74, 6) is -0.410. The molecule has 104 valence electrons. The number of carbonyl (C=O) groups is 1. The molecular formula is C14H25NO3. The molecule has 4 heteroatoms. The molecule has 0 radical (unpaired) electrons. The van der Waals surface area contributed by atoms with E-state index in [1.807, 2.05) is 0 Å². The highest BCUT2D eigenvalue weighted by Crippen LogP contribution is 2.11. The molecule has 0 fully saturated rings. The Morgan fingerprint density at radius 1 is 1.11 bits per heavy atom. The van der Waals surface area contributed by atoms with E-state index >= 15 is 0 Å². The summed E-state index contributed by atoms with van der Waals surface area (Å²) in [6.07, 6.45) is 10.3. The van der Waals surface area contributed by atoms with Gasteiger partial charge in [0, 0.05) is 0 Å². The number of hydrogen-bond acceptors (Lipinski definition) is 4. The summed E-state index contributed by atoms with van der Waals surface area (Å²) in [5, 5.41) is 0. The molecule has 0 aliphatic carbocycles. The van der Waals surface area contributed by atoms with E-state index in [2.05, 4.69) is 11.9 Å². The molecule has 0 saturated carbocycles. The molecule has 0 amide bonds. The Labute approximate surface area is 110 Å². The van der Waals surface area contributed by atoms with E-state index < -0.39 is 12.0 Å². The Hall–Kier alpha value is -1.15. The smallest absolute Gasteiger partial charge is 0.331 e. The minimum Gasteiger partial charge on any atom is -0.464 e. The number of unbranched alkanes of at least 4 members (excludes halogenated alkanes) is 6. The maximum Gasteiger partial charge on any atom is 0.331 e. The van der Waals surface area contributed by atoms with Crippen LogP contribution in [0.25, 0.3) is 0 Å². The van der Waals surface area contributed by atoms with Gasteiger partial charge in [0.05, 0.1) is 6.61 Å². The first-order valence-electron chi connectivity index (χ1n) is 6.99. The second kappa shape index (κ2) is 12.3. The van der Waals surface area contributed by atoms with Crippen LogP contribution in [0.3, 0.4) is 0 Å². The Kier molecular flexibility index (Phi) is 11.5. The highest BCUT2D eigenvalue weighted by Gasteiger charge is 2.17. The zero-order valence-corrected chi connectivity index (χ0v) is 11.6. The number of esters is 1. The van der Waals surface area contributed by atoms with Gasteiger partial charge in [-0.25, -0.2) is 9.59 Å². The summed E-state index contributed by atoms with van der Waals surface area (Å²) in [6, 6.07) is -0.655. The summed E-state index contributed by atoms with van der Waals surface area (Å²) >= 11 is 0. The van der Waals surface area contributed by atoms with Crippen molar-refractivity contribution in [2.45, 2.75) is 71.3 Å². The average Bonchev–Trinajstić information content (AvgIpc) is 2.36. The Balaban J connectivity index is 3.71. The second-order valence-electron chi connectivity index (χ2n) is 4.40. The third kappa shape index (κ3) is 8.94. The number of isocyanates is 1. The van der Waals surface area contributed by atoms with Crippen LogP contribution >= 0.6 is 0 Å². The molecule has 0 spiro atoms. The van der Waals surface area contributed by atoms with Crippen molar-refractivity contribution < 1.29 is 14.3 Å². The van der Waals surface area contributed by atoms with Crippen molar-refractivity contribution in [3.63, 3.8) is 0 Å². The molecule has 1 atom stereocenters. The van der Waals surface area contributed by atoms with Gasteiger partial charge in [0.15, 0.2) is 6.04 Å². The van der Waals surface area contributed by atoms with Gasteiger partial charge in [-0.2, -0.15) is 4.99 Å². The molecule has 0 heterocycles. The van der Waals surface area contributed by atoms with Gasteiger partial charge in [-0.05, 0) is 13.3 Å². The molecule has 0 aromatic carbocycles. The molecule has 1 unspecified atom stereocenters.